The highest BCUT2D eigenvalue weighted by molar-refractivity contribution is 9.10. The molecule has 188 valence electrons. The zero-order chi connectivity index (χ0) is 26.7. The molecule has 1 saturated heterocycles. The van der Waals surface area contributed by atoms with Crippen LogP contribution >= 0.6 is 27.5 Å². The predicted octanol–water partition coefficient (Wildman–Crippen LogP) is 6.69. The van der Waals surface area contributed by atoms with E-state index in [1.807, 2.05) is 38.1 Å². The minimum absolute atomic E-state index is 0.148. The molecule has 0 saturated carbocycles. The van der Waals surface area contributed by atoms with E-state index in [1.54, 1.807) is 36.4 Å². The highest BCUT2D eigenvalue weighted by Crippen LogP contribution is 2.34. The minimum Gasteiger partial charge on any atom is -0.487 e. The van der Waals surface area contributed by atoms with Crippen molar-refractivity contribution in [1.29, 1.82) is 0 Å². The number of halogens is 2. The van der Waals surface area contributed by atoms with Crippen LogP contribution in [-0.2, 0) is 22.6 Å². The Morgan fingerprint density at radius 1 is 1.03 bits per heavy atom. The molecule has 1 aliphatic heterocycles. The van der Waals surface area contributed by atoms with Crippen molar-refractivity contribution in [2.75, 3.05) is 4.90 Å². The molecule has 4 amide bonds. The van der Waals surface area contributed by atoms with E-state index in [4.69, 9.17) is 16.3 Å². The second-order valence-electron chi connectivity index (χ2n) is 8.70. The topological polar surface area (TPSA) is 75.7 Å². The molecule has 3 aromatic carbocycles. The molecule has 0 radical (unpaired) electrons. The molecule has 3 aromatic rings. The Labute approximate surface area is 228 Å². The lowest BCUT2D eigenvalue weighted by atomic mass is 10.0. The molecule has 1 fully saturated rings. The fourth-order valence-corrected chi connectivity index (χ4v) is 4.86. The van der Waals surface area contributed by atoms with Gasteiger partial charge in [-0.15, -0.1) is 6.58 Å². The van der Waals surface area contributed by atoms with E-state index < -0.39 is 17.8 Å². The summed E-state index contributed by atoms with van der Waals surface area (Å²) in [6, 6.07) is 15.6. The smallest absolute Gasteiger partial charge is 0.335 e. The number of nitrogens with one attached hydrogen (secondary N) is 1. The van der Waals surface area contributed by atoms with Gasteiger partial charge in [-0.1, -0.05) is 35.9 Å². The summed E-state index contributed by atoms with van der Waals surface area (Å²) in [6.45, 7) is 7.90. The summed E-state index contributed by atoms with van der Waals surface area (Å²) >= 11 is 9.53. The van der Waals surface area contributed by atoms with Gasteiger partial charge >= 0.3 is 6.03 Å². The monoisotopic (exact) mass is 578 g/mol. The number of ether oxygens (including phenoxy) is 1. The summed E-state index contributed by atoms with van der Waals surface area (Å²) in [5.41, 5.74) is 4.40. The first-order valence-corrected chi connectivity index (χ1v) is 12.6. The van der Waals surface area contributed by atoms with Crippen molar-refractivity contribution in [1.82, 2.24) is 5.32 Å². The normalized spacial score (nSPS) is 14.6. The fourth-order valence-electron chi connectivity index (χ4n) is 4.10. The number of imide groups is 2. The van der Waals surface area contributed by atoms with Gasteiger partial charge in [-0.05, 0) is 106 Å². The average molecular weight is 580 g/mol. The van der Waals surface area contributed by atoms with Gasteiger partial charge in [0.05, 0.1) is 10.2 Å². The third-order valence-corrected chi connectivity index (χ3v) is 6.52. The number of allylic oxidation sites excluding steroid dienone is 1. The lowest BCUT2D eigenvalue weighted by Gasteiger charge is -2.27. The zero-order valence-corrected chi connectivity index (χ0v) is 22.7. The van der Waals surface area contributed by atoms with Crippen LogP contribution in [0.25, 0.3) is 6.08 Å². The quantitative estimate of drug-likeness (QED) is 0.192. The van der Waals surface area contributed by atoms with Crippen LogP contribution in [0.1, 0.15) is 27.8 Å². The molecular formula is C29H24BrClN2O4. The number of amides is 4. The lowest BCUT2D eigenvalue weighted by molar-refractivity contribution is -0.122. The summed E-state index contributed by atoms with van der Waals surface area (Å²) in [6.07, 6.45) is 3.71. The number of barbiturate groups is 1. The molecule has 8 heteroatoms. The number of carbonyl (C=O) groups excluding carboxylic acids is 3. The summed E-state index contributed by atoms with van der Waals surface area (Å²) in [4.78, 5) is 39.6. The first-order valence-electron chi connectivity index (χ1n) is 11.5. The van der Waals surface area contributed by atoms with Crippen LogP contribution < -0.4 is 15.0 Å². The van der Waals surface area contributed by atoms with E-state index in [-0.39, 0.29) is 5.57 Å². The second-order valence-corrected chi connectivity index (χ2v) is 9.99. The summed E-state index contributed by atoms with van der Waals surface area (Å²) in [5.74, 6) is -0.813. The molecule has 0 bridgehead atoms. The van der Waals surface area contributed by atoms with Gasteiger partial charge in [0.1, 0.15) is 17.9 Å². The zero-order valence-electron chi connectivity index (χ0n) is 20.3. The largest absolute Gasteiger partial charge is 0.487 e. The number of rotatable bonds is 7. The number of carbonyl (C=O) groups is 3. The molecule has 0 spiro atoms. The Bertz CT molecular complexity index is 1430. The summed E-state index contributed by atoms with van der Waals surface area (Å²) in [7, 11) is 0. The third-order valence-electron chi connectivity index (χ3n) is 5.68. The Kier molecular flexibility index (Phi) is 7.95. The standard InChI is InChI=1S/C29H24BrClN2O4/c1-4-5-21-13-20(15-25(30)26(21)37-16-19-6-8-22(31)9-7-19)14-24-27(34)32-29(36)33(28(24)35)23-11-17(2)10-18(3)12-23/h4,6-15H,1,5,16H2,2-3H3,(H,32,34,36)/b24-14+. The van der Waals surface area contributed by atoms with E-state index in [2.05, 4.69) is 27.8 Å². The van der Waals surface area contributed by atoms with Crippen LogP contribution in [-0.4, -0.2) is 17.8 Å². The van der Waals surface area contributed by atoms with Crippen LogP contribution in [0.2, 0.25) is 5.02 Å². The van der Waals surface area contributed by atoms with Crippen LogP contribution in [0.5, 0.6) is 5.75 Å². The Morgan fingerprint density at radius 3 is 2.35 bits per heavy atom. The molecule has 37 heavy (non-hydrogen) atoms. The fraction of sp³-hybridized carbons (Fsp3) is 0.138. The van der Waals surface area contributed by atoms with Crippen molar-refractivity contribution < 1.29 is 19.1 Å². The third kappa shape index (κ3) is 6.01. The second kappa shape index (κ2) is 11.2. The molecule has 6 nitrogen and oxygen atoms in total. The molecule has 1 aliphatic rings. The molecule has 1 heterocycles. The maximum Gasteiger partial charge on any atom is 0.335 e. The van der Waals surface area contributed by atoms with Gasteiger partial charge in [-0.3, -0.25) is 14.9 Å². The molecule has 0 unspecified atom stereocenters. The van der Waals surface area contributed by atoms with Gasteiger partial charge in [-0.25, -0.2) is 9.69 Å². The van der Waals surface area contributed by atoms with Crippen LogP contribution in [0.3, 0.4) is 0 Å². The number of benzene rings is 3. The highest BCUT2D eigenvalue weighted by atomic mass is 79.9. The van der Waals surface area contributed by atoms with Crippen LogP contribution in [0.15, 0.2) is 77.3 Å². The predicted molar refractivity (Wildman–Crippen MR) is 149 cm³/mol. The van der Waals surface area contributed by atoms with Crippen molar-refractivity contribution in [2.45, 2.75) is 26.9 Å². The number of aryl methyl sites for hydroxylation is 2. The first-order chi connectivity index (χ1) is 17.7. The van der Waals surface area contributed by atoms with E-state index >= 15 is 0 Å². The van der Waals surface area contributed by atoms with Gasteiger partial charge in [0.25, 0.3) is 11.8 Å². The van der Waals surface area contributed by atoms with E-state index in [0.717, 1.165) is 27.2 Å². The SMILES string of the molecule is C=CCc1cc(/C=C2\C(=O)NC(=O)N(c3cc(C)cc(C)c3)C2=O)cc(Br)c1OCc1ccc(Cl)cc1. The maximum absolute atomic E-state index is 13.3. The van der Waals surface area contributed by atoms with Gasteiger partial charge in [0, 0.05) is 5.02 Å². The molecule has 0 aromatic heterocycles. The lowest BCUT2D eigenvalue weighted by Crippen LogP contribution is -2.54. The Hall–Kier alpha value is -3.68. The Balaban J connectivity index is 1.67. The molecular weight excluding hydrogens is 556 g/mol. The average Bonchev–Trinajstić information content (AvgIpc) is 2.82. The van der Waals surface area contributed by atoms with Crippen molar-refractivity contribution in [3.63, 3.8) is 0 Å². The summed E-state index contributed by atoms with van der Waals surface area (Å²) in [5, 5.41) is 2.92. The van der Waals surface area contributed by atoms with Crippen LogP contribution in [0, 0.1) is 13.8 Å². The molecule has 4 rings (SSSR count). The van der Waals surface area contributed by atoms with Gasteiger partial charge in [0.15, 0.2) is 0 Å². The molecule has 0 atom stereocenters. The van der Waals surface area contributed by atoms with E-state index in [0.29, 0.717) is 39.5 Å². The van der Waals surface area contributed by atoms with Gasteiger partial charge < -0.3 is 4.74 Å². The van der Waals surface area contributed by atoms with Crippen molar-refractivity contribution in [2.24, 2.45) is 0 Å². The maximum atomic E-state index is 13.3. The number of urea groups is 1. The minimum atomic E-state index is -0.781. The highest BCUT2D eigenvalue weighted by Gasteiger charge is 2.37. The number of nitrogens with zero attached hydrogens (tertiary/aromatic N) is 1. The van der Waals surface area contributed by atoms with Gasteiger partial charge in [0.2, 0.25) is 0 Å². The molecule has 0 aliphatic carbocycles. The number of hydrogen-bond donors (Lipinski definition) is 1. The van der Waals surface area contributed by atoms with E-state index in [9.17, 15) is 14.4 Å². The van der Waals surface area contributed by atoms with Crippen molar-refractivity contribution in [3.05, 3.63) is 110 Å². The van der Waals surface area contributed by atoms with Gasteiger partial charge in [-0.2, -0.15) is 0 Å². The van der Waals surface area contributed by atoms with Crippen LogP contribution in [0.4, 0.5) is 10.5 Å². The molecule has 1 N–H and O–H groups in total. The van der Waals surface area contributed by atoms with Crippen molar-refractivity contribution >= 4 is 57.1 Å². The summed E-state index contributed by atoms with van der Waals surface area (Å²) < 4.78 is 6.74. The first kappa shape index (κ1) is 26.4. The van der Waals surface area contributed by atoms with E-state index in [1.165, 1.54) is 6.08 Å². The number of hydrogen-bond acceptors (Lipinski definition) is 4. The van der Waals surface area contributed by atoms with Crippen molar-refractivity contribution in [3.8, 4) is 5.75 Å². The number of anilines is 1. The Morgan fingerprint density at radius 2 is 1.70 bits per heavy atom.